The lowest BCUT2D eigenvalue weighted by Crippen LogP contribution is -2.21. The van der Waals surface area contributed by atoms with E-state index in [1.54, 1.807) is 6.26 Å². The van der Waals surface area contributed by atoms with Crippen LogP contribution in [0.5, 0.6) is 0 Å². The van der Waals surface area contributed by atoms with E-state index in [0.717, 1.165) is 0 Å². The molecule has 1 aromatic rings. The summed E-state index contributed by atoms with van der Waals surface area (Å²) >= 11 is 5.62. The van der Waals surface area contributed by atoms with Crippen LogP contribution in [0.4, 0.5) is 5.95 Å². The molecule has 0 fully saturated rings. The van der Waals surface area contributed by atoms with Gasteiger partial charge < -0.3 is 5.32 Å². The first-order valence-corrected chi connectivity index (χ1v) is 6.13. The number of hydrogen-bond donors (Lipinski definition) is 1. The number of anilines is 1. The van der Waals surface area contributed by atoms with Crippen molar-refractivity contribution in [2.45, 2.75) is 12.2 Å². The topological polar surface area (TPSA) is 54.9 Å². The SMILES string of the molecule is CC(CNc1ncc(Cl)cn1)S(C)=O. The van der Waals surface area contributed by atoms with Crippen molar-refractivity contribution in [2.75, 3.05) is 18.1 Å². The Morgan fingerprint density at radius 1 is 1.57 bits per heavy atom. The van der Waals surface area contributed by atoms with Gasteiger partial charge in [0.15, 0.2) is 0 Å². The monoisotopic (exact) mass is 233 g/mol. The van der Waals surface area contributed by atoms with Gasteiger partial charge in [0, 0.05) is 28.9 Å². The molecule has 0 aliphatic rings. The normalized spacial score (nSPS) is 14.8. The molecule has 0 bridgehead atoms. The highest BCUT2D eigenvalue weighted by atomic mass is 35.5. The van der Waals surface area contributed by atoms with Crippen LogP contribution in [0.1, 0.15) is 6.92 Å². The molecule has 0 saturated carbocycles. The van der Waals surface area contributed by atoms with Crippen LogP contribution < -0.4 is 5.32 Å². The fourth-order valence-electron chi connectivity index (χ4n) is 0.756. The van der Waals surface area contributed by atoms with Crippen molar-refractivity contribution in [3.63, 3.8) is 0 Å². The molecule has 1 heterocycles. The molecule has 0 amide bonds. The van der Waals surface area contributed by atoms with Gasteiger partial charge in [-0.1, -0.05) is 11.6 Å². The molecule has 14 heavy (non-hydrogen) atoms. The van der Waals surface area contributed by atoms with Gasteiger partial charge in [-0.2, -0.15) is 0 Å². The van der Waals surface area contributed by atoms with Crippen LogP contribution in [0.15, 0.2) is 12.4 Å². The predicted octanol–water partition coefficient (Wildman–Crippen LogP) is 1.31. The molecule has 0 aromatic carbocycles. The van der Waals surface area contributed by atoms with Gasteiger partial charge in [-0.25, -0.2) is 9.97 Å². The predicted molar refractivity (Wildman–Crippen MR) is 59.1 cm³/mol. The summed E-state index contributed by atoms with van der Waals surface area (Å²) in [5, 5.41) is 3.56. The molecule has 1 aromatic heterocycles. The number of nitrogens with one attached hydrogen (secondary N) is 1. The summed E-state index contributed by atoms with van der Waals surface area (Å²) in [6.45, 7) is 2.49. The standard InChI is InChI=1S/C8H12ClN3OS/c1-6(14(2)13)3-10-8-11-4-7(9)5-12-8/h4-6H,3H2,1-2H3,(H,10,11,12). The first-order chi connectivity index (χ1) is 6.59. The molecule has 1 N–H and O–H groups in total. The van der Waals surface area contributed by atoms with Crippen molar-refractivity contribution in [2.24, 2.45) is 0 Å². The summed E-state index contributed by atoms with van der Waals surface area (Å²) < 4.78 is 11.0. The van der Waals surface area contributed by atoms with Crippen molar-refractivity contribution in [3.8, 4) is 0 Å². The summed E-state index contributed by atoms with van der Waals surface area (Å²) in [6, 6.07) is 0. The van der Waals surface area contributed by atoms with Gasteiger partial charge in [-0.15, -0.1) is 0 Å². The molecule has 0 spiro atoms. The highest BCUT2D eigenvalue weighted by Gasteiger charge is 2.05. The molecule has 0 radical (unpaired) electrons. The Balaban J connectivity index is 2.46. The van der Waals surface area contributed by atoms with Crippen molar-refractivity contribution in [1.29, 1.82) is 0 Å². The number of aromatic nitrogens is 2. The van der Waals surface area contributed by atoms with Crippen molar-refractivity contribution in [1.82, 2.24) is 9.97 Å². The van der Waals surface area contributed by atoms with Gasteiger partial charge in [0.1, 0.15) is 0 Å². The maximum Gasteiger partial charge on any atom is 0.222 e. The minimum absolute atomic E-state index is 0.0780. The Morgan fingerprint density at radius 2 is 2.14 bits per heavy atom. The summed E-state index contributed by atoms with van der Waals surface area (Å²) in [5.74, 6) is 0.506. The first-order valence-electron chi connectivity index (χ1n) is 4.13. The number of hydrogen-bond acceptors (Lipinski definition) is 4. The average Bonchev–Trinajstić information content (AvgIpc) is 2.16. The highest BCUT2D eigenvalue weighted by molar-refractivity contribution is 7.84. The fraction of sp³-hybridized carbons (Fsp3) is 0.500. The largest absolute Gasteiger partial charge is 0.353 e. The van der Waals surface area contributed by atoms with Crippen LogP contribution in [-0.2, 0) is 10.8 Å². The maximum absolute atomic E-state index is 11.0. The summed E-state index contributed by atoms with van der Waals surface area (Å²) in [7, 11) is -0.832. The quantitative estimate of drug-likeness (QED) is 0.852. The molecule has 2 atom stereocenters. The van der Waals surface area contributed by atoms with Crippen LogP contribution in [0.25, 0.3) is 0 Å². The minimum Gasteiger partial charge on any atom is -0.353 e. The smallest absolute Gasteiger partial charge is 0.222 e. The van der Waals surface area contributed by atoms with Crippen LogP contribution in [0.3, 0.4) is 0 Å². The molecule has 1 rings (SSSR count). The van der Waals surface area contributed by atoms with Crippen LogP contribution in [-0.4, -0.2) is 32.2 Å². The van der Waals surface area contributed by atoms with Gasteiger partial charge in [-0.3, -0.25) is 4.21 Å². The first kappa shape index (κ1) is 11.4. The second-order valence-electron chi connectivity index (χ2n) is 2.92. The molecular formula is C8H12ClN3OS. The van der Waals surface area contributed by atoms with Crippen LogP contribution in [0, 0.1) is 0 Å². The van der Waals surface area contributed by atoms with E-state index in [1.807, 2.05) is 6.92 Å². The molecule has 6 heteroatoms. The summed E-state index contributed by atoms with van der Waals surface area (Å²) in [6.07, 6.45) is 4.71. The minimum atomic E-state index is -0.832. The van der Waals surface area contributed by atoms with Gasteiger partial charge >= 0.3 is 0 Å². The molecule has 0 saturated heterocycles. The zero-order valence-corrected chi connectivity index (χ0v) is 9.60. The number of halogens is 1. The molecular weight excluding hydrogens is 222 g/mol. The Hall–Kier alpha value is -0.680. The van der Waals surface area contributed by atoms with E-state index >= 15 is 0 Å². The lowest BCUT2D eigenvalue weighted by molar-refractivity contribution is 0.678. The third kappa shape index (κ3) is 3.59. The third-order valence-electron chi connectivity index (χ3n) is 1.73. The average molecular weight is 234 g/mol. The van der Waals surface area contributed by atoms with Gasteiger partial charge in [-0.05, 0) is 6.92 Å². The summed E-state index contributed by atoms with van der Waals surface area (Å²) in [4.78, 5) is 7.91. The third-order valence-corrected chi connectivity index (χ3v) is 3.23. The number of rotatable bonds is 4. The van der Waals surface area contributed by atoms with Gasteiger partial charge in [0.2, 0.25) is 5.95 Å². The van der Waals surface area contributed by atoms with Crippen LogP contribution in [0.2, 0.25) is 5.02 Å². The second kappa shape index (κ2) is 5.26. The maximum atomic E-state index is 11.0. The lowest BCUT2D eigenvalue weighted by Gasteiger charge is -2.09. The lowest BCUT2D eigenvalue weighted by atomic mass is 10.5. The molecule has 0 aliphatic heterocycles. The highest BCUT2D eigenvalue weighted by Crippen LogP contribution is 2.05. The zero-order valence-electron chi connectivity index (χ0n) is 8.03. The Bertz CT molecular complexity index is 317. The van der Waals surface area contributed by atoms with E-state index in [9.17, 15) is 4.21 Å². The molecule has 0 aliphatic carbocycles. The second-order valence-corrected chi connectivity index (χ2v) is 5.15. The molecule has 4 nitrogen and oxygen atoms in total. The van der Waals surface area contributed by atoms with E-state index in [1.165, 1.54) is 12.4 Å². The Morgan fingerprint density at radius 3 is 2.64 bits per heavy atom. The Kier molecular flexibility index (Phi) is 4.28. The van der Waals surface area contributed by atoms with E-state index < -0.39 is 10.8 Å². The van der Waals surface area contributed by atoms with E-state index in [0.29, 0.717) is 17.5 Å². The van der Waals surface area contributed by atoms with Crippen LogP contribution >= 0.6 is 11.6 Å². The van der Waals surface area contributed by atoms with Crippen molar-refractivity contribution >= 4 is 28.3 Å². The Labute approximate surface area is 90.6 Å². The number of nitrogens with zero attached hydrogens (tertiary/aromatic N) is 2. The zero-order chi connectivity index (χ0) is 10.6. The van der Waals surface area contributed by atoms with E-state index in [4.69, 9.17) is 11.6 Å². The fourth-order valence-corrected chi connectivity index (χ4v) is 1.17. The summed E-state index contributed by atoms with van der Waals surface area (Å²) in [5.41, 5.74) is 0. The van der Waals surface area contributed by atoms with Gasteiger partial charge in [0.25, 0.3) is 0 Å². The van der Waals surface area contributed by atoms with Crippen molar-refractivity contribution in [3.05, 3.63) is 17.4 Å². The van der Waals surface area contributed by atoms with E-state index in [2.05, 4.69) is 15.3 Å². The van der Waals surface area contributed by atoms with Gasteiger partial charge in [0.05, 0.1) is 17.4 Å². The molecule has 2 unspecified atom stereocenters. The molecule has 78 valence electrons. The van der Waals surface area contributed by atoms with E-state index in [-0.39, 0.29) is 5.25 Å². The van der Waals surface area contributed by atoms with Crippen molar-refractivity contribution < 1.29 is 4.21 Å².